The van der Waals surface area contributed by atoms with Gasteiger partial charge in [-0.3, -0.25) is 0 Å². The monoisotopic (exact) mass is 357 g/mol. The summed E-state index contributed by atoms with van der Waals surface area (Å²) in [6, 6.07) is 7.79. The number of hydrogen-bond donors (Lipinski definition) is 1. The summed E-state index contributed by atoms with van der Waals surface area (Å²) in [5, 5.41) is 7.39. The molecule has 0 atom stereocenters. The van der Waals surface area contributed by atoms with Gasteiger partial charge >= 0.3 is 0 Å². The predicted molar refractivity (Wildman–Crippen MR) is 98.8 cm³/mol. The lowest BCUT2D eigenvalue weighted by molar-refractivity contribution is 0.324. The van der Waals surface area contributed by atoms with E-state index in [1.54, 1.807) is 39.0 Å². The minimum Gasteiger partial charge on any atom is -0.493 e. The van der Waals surface area contributed by atoms with Gasteiger partial charge in [0.2, 0.25) is 5.75 Å². The van der Waals surface area contributed by atoms with Crippen molar-refractivity contribution in [3.8, 4) is 28.5 Å². The van der Waals surface area contributed by atoms with Crippen LogP contribution in [0.2, 0.25) is 0 Å². The first-order valence-electron chi connectivity index (χ1n) is 7.62. The Morgan fingerprint density at radius 3 is 2.36 bits per heavy atom. The molecule has 1 aromatic carbocycles. The summed E-state index contributed by atoms with van der Waals surface area (Å²) in [5.74, 6) is 2.58. The maximum absolute atomic E-state index is 5.38. The molecule has 0 aliphatic rings. The van der Waals surface area contributed by atoms with Gasteiger partial charge in [-0.15, -0.1) is 0 Å². The summed E-state index contributed by atoms with van der Waals surface area (Å²) in [6.45, 7) is 0.566. The minimum atomic E-state index is 0.566. The summed E-state index contributed by atoms with van der Waals surface area (Å²) in [4.78, 5) is 8.59. The van der Waals surface area contributed by atoms with Crippen LogP contribution in [0, 0.1) is 0 Å². The third kappa shape index (κ3) is 3.83. The van der Waals surface area contributed by atoms with E-state index >= 15 is 0 Å². The second-order valence-electron chi connectivity index (χ2n) is 5.19. The van der Waals surface area contributed by atoms with Crippen molar-refractivity contribution in [2.75, 3.05) is 26.6 Å². The van der Waals surface area contributed by atoms with Gasteiger partial charge in [-0.05, 0) is 29.1 Å². The average Bonchev–Trinajstić information content (AvgIpc) is 3.20. The molecule has 7 heteroatoms. The predicted octanol–water partition coefficient (Wildman–Crippen LogP) is 3.84. The van der Waals surface area contributed by atoms with Crippen LogP contribution in [0.25, 0.3) is 11.3 Å². The Morgan fingerprint density at radius 1 is 1.00 bits per heavy atom. The second-order valence-corrected chi connectivity index (χ2v) is 5.97. The lowest BCUT2D eigenvalue weighted by Crippen LogP contribution is -2.04. The van der Waals surface area contributed by atoms with E-state index in [1.165, 1.54) is 0 Å². The molecule has 0 aliphatic carbocycles. The van der Waals surface area contributed by atoms with Crippen LogP contribution in [0.1, 0.15) is 5.56 Å². The van der Waals surface area contributed by atoms with Crippen molar-refractivity contribution in [2.24, 2.45) is 0 Å². The molecule has 1 N–H and O–H groups in total. The van der Waals surface area contributed by atoms with E-state index in [0.717, 1.165) is 22.6 Å². The highest BCUT2D eigenvalue weighted by atomic mass is 32.1. The second kappa shape index (κ2) is 7.85. The molecular weight excluding hydrogens is 338 g/mol. The van der Waals surface area contributed by atoms with Crippen molar-refractivity contribution < 1.29 is 14.2 Å². The van der Waals surface area contributed by atoms with Gasteiger partial charge in [0, 0.05) is 23.6 Å². The molecule has 0 aliphatic heterocycles. The Bertz CT molecular complexity index is 812. The number of rotatable bonds is 7. The fourth-order valence-electron chi connectivity index (χ4n) is 2.45. The normalized spacial score (nSPS) is 10.4. The largest absolute Gasteiger partial charge is 0.493 e. The summed E-state index contributed by atoms with van der Waals surface area (Å²) >= 11 is 1.64. The molecule has 0 bridgehead atoms. The van der Waals surface area contributed by atoms with Gasteiger partial charge in [0.1, 0.15) is 12.1 Å². The van der Waals surface area contributed by atoms with Gasteiger partial charge in [-0.25, -0.2) is 9.97 Å². The average molecular weight is 357 g/mol. The van der Waals surface area contributed by atoms with Crippen LogP contribution >= 0.6 is 11.3 Å². The van der Waals surface area contributed by atoms with E-state index in [4.69, 9.17) is 14.2 Å². The van der Waals surface area contributed by atoms with Gasteiger partial charge in [0.25, 0.3) is 0 Å². The molecule has 2 heterocycles. The van der Waals surface area contributed by atoms with Crippen molar-refractivity contribution >= 4 is 17.2 Å². The van der Waals surface area contributed by atoms with Crippen LogP contribution in [0.15, 0.2) is 41.4 Å². The molecule has 3 rings (SSSR count). The quantitative estimate of drug-likeness (QED) is 0.693. The summed E-state index contributed by atoms with van der Waals surface area (Å²) in [5.41, 5.74) is 2.97. The molecule has 0 unspecified atom stereocenters. The van der Waals surface area contributed by atoms with E-state index in [-0.39, 0.29) is 0 Å². The fraction of sp³-hybridized carbons (Fsp3) is 0.222. The maximum atomic E-state index is 5.38. The number of ether oxygens (including phenoxy) is 3. The number of methoxy groups -OCH3 is 3. The van der Waals surface area contributed by atoms with E-state index in [0.29, 0.717) is 23.8 Å². The molecule has 2 aromatic heterocycles. The molecule has 3 aromatic rings. The number of aromatic nitrogens is 2. The Labute approximate surface area is 150 Å². The van der Waals surface area contributed by atoms with Crippen molar-refractivity contribution in [3.63, 3.8) is 0 Å². The Morgan fingerprint density at radius 2 is 1.76 bits per heavy atom. The molecule has 0 saturated carbocycles. The standard InChI is InChI=1S/C18H19N3O3S/c1-22-15-6-12(7-16(23-2)18(15)24-3)9-19-17-8-14(20-11-21-17)13-4-5-25-10-13/h4-8,10-11H,9H2,1-3H3,(H,19,20,21). The summed E-state index contributed by atoms with van der Waals surface area (Å²) in [6.07, 6.45) is 1.56. The maximum Gasteiger partial charge on any atom is 0.203 e. The molecule has 25 heavy (non-hydrogen) atoms. The first-order chi connectivity index (χ1) is 12.2. The van der Waals surface area contributed by atoms with Crippen molar-refractivity contribution in [2.45, 2.75) is 6.54 Å². The van der Waals surface area contributed by atoms with Crippen molar-refractivity contribution in [1.82, 2.24) is 9.97 Å². The number of nitrogens with one attached hydrogen (secondary N) is 1. The van der Waals surface area contributed by atoms with Gasteiger partial charge in [-0.1, -0.05) is 0 Å². The molecule has 6 nitrogen and oxygen atoms in total. The summed E-state index contributed by atoms with van der Waals surface area (Å²) in [7, 11) is 4.79. The number of hydrogen-bond acceptors (Lipinski definition) is 7. The highest BCUT2D eigenvalue weighted by Gasteiger charge is 2.13. The molecule has 0 fully saturated rings. The molecule has 130 valence electrons. The van der Waals surface area contributed by atoms with Crippen LogP contribution < -0.4 is 19.5 Å². The zero-order valence-corrected chi connectivity index (χ0v) is 15.1. The fourth-order valence-corrected chi connectivity index (χ4v) is 3.10. The number of benzene rings is 1. The molecule has 0 radical (unpaired) electrons. The zero-order valence-electron chi connectivity index (χ0n) is 14.3. The van der Waals surface area contributed by atoms with Gasteiger partial charge in [0.05, 0.1) is 27.0 Å². The molecule has 0 saturated heterocycles. The molecular formula is C18H19N3O3S. The van der Waals surface area contributed by atoms with Gasteiger partial charge in [0.15, 0.2) is 11.5 Å². The SMILES string of the molecule is COc1cc(CNc2cc(-c3ccsc3)ncn2)cc(OC)c1OC. The lowest BCUT2D eigenvalue weighted by atomic mass is 10.1. The third-order valence-corrected chi connectivity index (χ3v) is 4.37. The first kappa shape index (κ1) is 17.0. The zero-order chi connectivity index (χ0) is 17.6. The number of nitrogens with zero attached hydrogens (tertiary/aromatic N) is 2. The molecule has 0 amide bonds. The highest BCUT2D eigenvalue weighted by molar-refractivity contribution is 7.08. The number of anilines is 1. The Balaban J connectivity index is 1.79. The highest BCUT2D eigenvalue weighted by Crippen LogP contribution is 2.38. The lowest BCUT2D eigenvalue weighted by Gasteiger charge is -2.14. The van der Waals surface area contributed by atoms with Crippen LogP contribution in [-0.4, -0.2) is 31.3 Å². The van der Waals surface area contributed by atoms with Gasteiger partial charge in [-0.2, -0.15) is 11.3 Å². The van der Waals surface area contributed by atoms with Crippen LogP contribution in [0.5, 0.6) is 17.2 Å². The van der Waals surface area contributed by atoms with E-state index in [9.17, 15) is 0 Å². The van der Waals surface area contributed by atoms with Crippen LogP contribution in [0.3, 0.4) is 0 Å². The van der Waals surface area contributed by atoms with Crippen LogP contribution in [-0.2, 0) is 6.54 Å². The number of thiophene rings is 1. The van der Waals surface area contributed by atoms with Crippen molar-refractivity contribution in [3.05, 3.63) is 46.9 Å². The third-order valence-electron chi connectivity index (χ3n) is 3.68. The molecule has 0 spiro atoms. The van der Waals surface area contributed by atoms with E-state index in [2.05, 4.69) is 20.7 Å². The van der Waals surface area contributed by atoms with E-state index < -0.39 is 0 Å². The Hall–Kier alpha value is -2.80. The summed E-state index contributed by atoms with van der Waals surface area (Å²) < 4.78 is 16.1. The van der Waals surface area contributed by atoms with E-state index in [1.807, 2.05) is 29.6 Å². The minimum absolute atomic E-state index is 0.566. The Kier molecular flexibility index (Phi) is 5.35. The van der Waals surface area contributed by atoms with Crippen molar-refractivity contribution in [1.29, 1.82) is 0 Å². The smallest absolute Gasteiger partial charge is 0.203 e. The topological polar surface area (TPSA) is 65.5 Å². The van der Waals surface area contributed by atoms with Gasteiger partial charge < -0.3 is 19.5 Å². The van der Waals surface area contributed by atoms with Crippen LogP contribution in [0.4, 0.5) is 5.82 Å². The first-order valence-corrected chi connectivity index (χ1v) is 8.56.